The molecule has 1 rings (SSSR count). The second-order valence-corrected chi connectivity index (χ2v) is 4.59. The van der Waals surface area contributed by atoms with Crippen LogP contribution in [0.3, 0.4) is 0 Å². The summed E-state index contributed by atoms with van der Waals surface area (Å²) >= 11 is 0. The van der Waals surface area contributed by atoms with Crippen LogP contribution in [0.15, 0.2) is 24.3 Å². The number of hydrogen-bond acceptors (Lipinski definition) is 3. The van der Waals surface area contributed by atoms with Crippen LogP contribution < -0.4 is 4.74 Å². The molecule has 0 bridgehead atoms. The van der Waals surface area contributed by atoms with Crippen molar-refractivity contribution in [3.63, 3.8) is 0 Å². The van der Waals surface area contributed by atoms with Gasteiger partial charge in [-0.05, 0) is 30.7 Å². The summed E-state index contributed by atoms with van der Waals surface area (Å²) in [6, 6.07) is 6.95. The van der Waals surface area contributed by atoms with Gasteiger partial charge in [0.25, 0.3) is 0 Å². The van der Waals surface area contributed by atoms with E-state index in [1.165, 1.54) is 0 Å². The minimum absolute atomic E-state index is 0.0210. The van der Waals surface area contributed by atoms with E-state index in [4.69, 9.17) is 4.74 Å². The maximum atomic E-state index is 11.8. The summed E-state index contributed by atoms with van der Waals surface area (Å²) in [5.41, 5.74) is 0.563. The van der Waals surface area contributed by atoms with Crippen molar-refractivity contribution < 1.29 is 14.3 Å². The van der Waals surface area contributed by atoms with E-state index in [0.717, 1.165) is 12.2 Å². The molecule has 0 aliphatic rings. The number of carbonyl (C=O) groups is 2. The first kappa shape index (κ1) is 14.4. The second-order valence-electron chi connectivity index (χ2n) is 4.59. The molecular weight excluding hydrogens is 228 g/mol. The summed E-state index contributed by atoms with van der Waals surface area (Å²) < 4.78 is 5.43. The number of Topliss-reactive ketones (excluding diaryl/α,β-unsaturated/α-hetero) is 2. The molecule has 0 amide bonds. The van der Waals surface area contributed by atoms with Gasteiger partial charge in [-0.1, -0.05) is 20.8 Å². The average Bonchev–Trinajstić information content (AvgIpc) is 2.36. The van der Waals surface area contributed by atoms with Crippen molar-refractivity contribution in [3.8, 4) is 5.75 Å². The first-order chi connectivity index (χ1) is 8.54. The lowest BCUT2D eigenvalue weighted by molar-refractivity contribution is -0.121. The van der Waals surface area contributed by atoms with Crippen LogP contribution in [-0.2, 0) is 4.79 Å². The Morgan fingerprint density at radius 2 is 1.78 bits per heavy atom. The molecule has 3 nitrogen and oxygen atoms in total. The van der Waals surface area contributed by atoms with Crippen LogP contribution in [0.1, 0.15) is 44.0 Å². The highest BCUT2D eigenvalue weighted by molar-refractivity contribution is 6.08. The van der Waals surface area contributed by atoms with Crippen molar-refractivity contribution in [2.45, 2.75) is 33.6 Å². The lowest BCUT2D eigenvalue weighted by Gasteiger charge is -2.06. The normalized spacial score (nSPS) is 10.4. The molecule has 0 aliphatic heterocycles. The van der Waals surface area contributed by atoms with Gasteiger partial charge in [0.1, 0.15) is 11.5 Å². The Hall–Kier alpha value is -1.64. The van der Waals surface area contributed by atoms with Gasteiger partial charge in [-0.3, -0.25) is 9.59 Å². The van der Waals surface area contributed by atoms with E-state index in [1.807, 2.05) is 6.92 Å². The zero-order valence-corrected chi connectivity index (χ0v) is 11.2. The van der Waals surface area contributed by atoms with Crippen molar-refractivity contribution in [1.29, 1.82) is 0 Å². The Balaban J connectivity index is 2.61. The lowest BCUT2D eigenvalue weighted by atomic mass is 10.00. The van der Waals surface area contributed by atoms with Crippen LogP contribution in [0.2, 0.25) is 0 Å². The Kier molecular flexibility index (Phi) is 5.56. The molecule has 0 atom stereocenters. The first-order valence-corrected chi connectivity index (χ1v) is 6.33. The van der Waals surface area contributed by atoms with E-state index in [-0.39, 0.29) is 23.9 Å². The molecule has 0 saturated heterocycles. The maximum Gasteiger partial charge on any atom is 0.170 e. The van der Waals surface area contributed by atoms with Gasteiger partial charge in [0.15, 0.2) is 5.78 Å². The molecule has 0 saturated carbocycles. The highest BCUT2D eigenvalue weighted by Gasteiger charge is 2.14. The van der Waals surface area contributed by atoms with E-state index >= 15 is 0 Å². The molecule has 1 aromatic rings. The molecule has 0 spiro atoms. The van der Waals surface area contributed by atoms with Gasteiger partial charge in [-0.15, -0.1) is 0 Å². The standard InChI is InChI=1S/C15H20O3/c1-4-9-18-13-7-5-12(6-8-13)15(17)10-14(16)11(2)3/h5-8,11H,4,9-10H2,1-3H3. The van der Waals surface area contributed by atoms with Crippen LogP contribution in [0, 0.1) is 5.92 Å². The predicted molar refractivity (Wildman–Crippen MR) is 71.0 cm³/mol. The SMILES string of the molecule is CCCOc1ccc(C(=O)CC(=O)C(C)C)cc1. The molecule has 98 valence electrons. The summed E-state index contributed by atoms with van der Waals surface area (Å²) in [5.74, 6) is 0.506. The van der Waals surface area contributed by atoms with E-state index in [9.17, 15) is 9.59 Å². The fourth-order valence-corrected chi connectivity index (χ4v) is 1.42. The van der Waals surface area contributed by atoms with Crippen LogP contribution in [0.25, 0.3) is 0 Å². The van der Waals surface area contributed by atoms with Gasteiger partial charge >= 0.3 is 0 Å². The van der Waals surface area contributed by atoms with Gasteiger partial charge in [0.05, 0.1) is 13.0 Å². The smallest absolute Gasteiger partial charge is 0.170 e. The number of carbonyl (C=O) groups excluding carboxylic acids is 2. The summed E-state index contributed by atoms with van der Waals surface area (Å²) in [7, 11) is 0. The fourth-order valence-electron chi connectivity index (χ4n) is 1.42. The van der Waals surface area contributed by atoms with Gasteiger partial charge in [-0.25, -0.2) is 0 Å². The van der Waals surface area contributed by atoms with E-state index in [1.54, 1.807) is 38.1 Å². The van der Waals surface area contributed by atoms with Crippen LogP contribution in [0.4, 0.5) is 0 Å². The van der Waals surface area contributed by atoms with Gasteiger partial charge in [-0.2, -0.15) is 0 Å². The molecule has 18 heavy (non-hydrogen) atoms. The van der Waals surface area contributed by atoms with E-state index < -0.39 is 0 Å². The number of ketones is 2. The Morgan fingerprint density at radius 1 is 1.17 bits per heavy atom. The first-order valence-electron chi connectivity index (χ1n) is 6.33. The highest BCUT2D eigenvalue weighted by atomic mass is 16.5. The zero-order chi connectivity index (χ0) is 13.5. The molecule has 0 fully saturated rings. The largest absolute Gasteiger partial charge is 0.494 e. The average molecular weight is 248 g/mol. The molecule has 1 aromatic carbocycles. The van der Waals surface area contributed by atoms with Crippen LogP contribution in [0.5, 0.6) is 5.75 Å². The lowest BCUT2D eigenvalue weighted by Crippen LogP contribution is -2.13. The Labute approximate surface area is 108 Å². The Morgan fingerprint density at radius 3 is 2.28 bits per heavy atom. The van der Waals surface area contributed by atoms with Gasteiger partial charge in [0.2, 0.25) is 0 Å². The van der Waals surface area contributed by atoms with Crippen LogP contribution in [-0.4, -0.2) is 18.2 Å². The molecule has 3 heteroatoms. The summed E-state index contributed by atoms with van der Waals surface area (Å²) in [6.07, 6.45) is 0.927. The molecule has 0 aromatic heterocycles. The Bertz CT molecular complexity index is 404. The number of rotatable bonds is 7. The van der Waals surface area contributed by atoms with Crippen molar-refractivity contribution in [2.75, 3.05) is 6.61 Å². The van der Waals surface area contributed by atoms with Gasteiger partial charge in [0, 0.05) is 11.5 Å². The topological polar surface area (TPSA) is 43.4 Å². The van der Waals surface area contributed by atoms with E-state index in [0.29, 0.717) is 12.2 Å². The predicted octanol–water partition coefficient (Wildman–Crippen LogP) is 3.27. The van der Waals surface area contributed by atoms with Crippen molar-refractivity contribution in [1.82, 2.24) is 0 Å². The molecule has 0 N–H and O–H groups in total. The summed E-state index contributed by atoms with van der Waals surface area (Å²) in [6.45, 7) is 6.31. The molecule has 0 unspecified atom stereocenters. The van der Waals surface area contributed by atoms with E-state index in [2.05, 4.69) is 0 Å². The third-order valence-electron chi connectivity index (χ3n) is 2.63. The minimum Gasteiger partial charge on any atom is -0.494 e. The zero-order valence-electron chi connectivity index (χ0n) is 11.2. The van der Waals surface area contributed by atoms with Crippen molar-refractivity contribution in [2.24, 2.45) is 5.92 Å². The summed E-state index contributed by atoms with van der Waals surface area (Å²) in [4.78, 5) is 23.3. The second kappa shape index (κ2) is 6.94. The van der Waals surface area contributed by atoms with Crippen molar-refractivity contribution >= 4 is 11.6 Å². The molecular formula is C15H20O3. The monoisotopic (exact) mass is 248 g/mol. The molecule has 0 radical (unpaired) electrons. The van der Waals surface area contributed by atoms with Gasteiger partial charge < -0.3 is 4.74 Å². The fraction of sp³-hybridized carbons (Fsp3) is 0.467. The highest BCUT2D eigenvalue weighted by Crippen LogP contribution is 2.14. The number of ether oxygens (including phenoxy) is 1. The molecule has 0 heterocycles. The minimum atomic E-state index is -0.129. The number of benzene rings is 1. The third kappa shape index (κ3) is 4.32. The molecule has 0 aliphatic carbocycles. The third-order valence-corrected chi connectivity index (χ3v) is 2.63. The maximum absolute atomic E-state index is 11.8. The number of hydrogen-bond donors (Lipinski definition) is 0. The van der Waals surface area contributed by atoms with Crippen LogP contribution >= 0.6 is 0 Å². The quantitative estimate of drug-likeness (QED) is 0.549. The van der Waals surface area contributed by atoms with Crippen molar-refractivity contribution in [3.05, 3.63) is 29.8 Å². The summed E-state index contributed by atoms with van der Waals surface area (Å²) in [5, 5.41) is 0.